The Kier molecular flexibility index (Phi) is 4.64. The summed E-state index contributed by atoms with van der Waals surface area (Å²) in [6, 6.07) is 4.55. The first-order valence-electron chi connectivity index (χ1n) is 7.44. The predicted octanol–water partition coefficient (Wildman–Crippen LogP) is 3.20. The van der Waals surface area contributed by atoms with Crippen LogP contribution in [0.3, 0.4) is 0 Å². The summed E-state index contributed by atoms with van der Waals surface area (Å²) < 4.78 is 0. The molecule has 2 rings (SSSR count). The summed E-state index contributed by atoms with van der Waals surface area (Å²) in [5.74, 6) is 0.444. The molecule has 1 aromatic carbocycles. The number of hydrogen-bond acceptors (Lipinski definition) is 2. The minimum atomic E-state index is -0.178. The van der Waals surface area contributed by atoms with Crippen molar-refractivity contribution in [1.29, 1.82) is 0 Å². The lowest BCUT2D eigenvalue weighted by atomic mass is 9.92. The number of aryl methyl sites for hydroxylation is 3. The minimum Gasteiger partial charge on any atom is -0.393 e. The van der Waals surface area contributed by atoms with Crippen molar-refractivity contribution in [3.63, 3.8) is 0 Å². The summed E-state index contributed by atoms with van der Waals surface area (Å²) in [5, 5.41) is 9.78. The van der Waals surface area contributed by atoms with Crippen LogP contribution >= 0.6 is 0 Å². The smallest absolute Gasteiger partial charge is 0.0552 e. The van der Waals surface area contributed by atoms with E-state index in [1.807, 2.05) is 6.92 Å². The van der Waals surface area contributed by atoms with Crippen LogP contribution in [0.5, 0.6) is 0 Å². The topological polar surface area (TPSA) is 23.5 Å². The van der Waals surface area contributed by atoms with E-state index >= 15 is 0 Å². The van der Waals surface area contributed by atoms with Gasteiger partial charge in [0.25, 0.3) is 0 Å². The van der Waals surface area contributed by atoms with Gasteiger partial charge in [-0.3, -0.25) is 4.90 Å². The molecule has 2 atom stereocenters. The maximum Gasteiger partial charge on any atom is 0.0552 e. The summed E-state index contributed by atoms with van der Waals surface area (Å²) in [4.78, 5) is 2.51. The van der Waals surface area contributed by atoms with Gasteiger partial charge in [-0.25, -0.2) is 0 Å². The van der Waals surface area contributed by atoms with Crippen LogP contribution in [0.15, 0.2) is 12.1 Å². The fraction of sp³-hybridized carbons (Fsp3) is 0.647. The maximum atomic E-state index is 9.78. The minimum absolute atomic E-state index is 0.178. The number of aliphatic hydroxyl groups excluding tert-OH is 1. The maximum absolute atomic E-state index is 9.78. The van der Waals surface area contributed by atoms with Crippen molar-refractivity contribution in [2.24, 2.45) is 5.92 Å². The van der Waals surface area contributed by atoms with Crippen molar-refractivity contribution in [3.8, 4) is 0 Å². The second kappa shape index (κ2) is 6.06. The van der Waals surface area contributed by atoms with Gasteiger partial charge in [-0.15, -0.1) is 0 Å². The number of rotatable bonds is 3. The molecule has 1 saturated heterocycles. The lowest BCUT2D eigenvalue weighted by molar-refractivity contribution is 0.0598. The average Bonchev–Trinajstić information content (AvgIpc) is 2.34. The molecule has 0 spiro atoms. The number of nitrogens with zero attached hydrogens (tertiary/aromatic N) is 1. The number of piperidine rings is 1. The zero-order chi connectivity index (χ0) is 14.0. The number of likely N-dealkylation sites (tertiary alicyclic amines) is 1. The van der Waals surface area contributed by atoms with Gasteiger partial charge < -0.3 is 5.11 Å². The molecule has 1 heterocycles. The zero-order valence-corrected chi connectivity index (χ0v) is 12.7. The van der Waals surface area contributed by atoms with Gasteiger partial charge in [0.2, 0.25) is 0 Å². The Morgan fingerprint density at radius 1 is 1.26 bits per heavy atom. The molecule has 0 aromatic heterocycles. The van der Waals surface area contributed by atoms with Crippen LogP contribution in [-0.4, -0.2) is 29.2 Å². The molecule has 0 saturated carbocycles. The van der Waals surface area contributed by atoms with E-state index in [1.54, 1.807) is 0 Å². The Morgan fingerprint density at radius 3 is 2.47 bits per heavy atom. The monoisotopic (exact) mass is 261 g/mol. The fourth-order valence-electron chi connectivity index (χ4n) is 3.31. The molecule has 0 amide bonds. The summed E-state index contributed by atoms with van der Waals surface area (Å²) in [6.07, 6.45) is 2.20. The summed E-state index contributed by atoms with van der Waals surface area (Å²) in [7, 11) is 0. The van der Waals surface area contributed by atoms with E-state index in [0.29, 0.717) is 5.92 Å². The van der Waals surface area contributed by atoms with Gasteiger partial charge in [0.1, 0.15) is 0 Å². The van der Waals surface area contributed by atoms with Crippen molar-refractivity contribution in [1.82, 2.24) is 4.90 Å². The van der Waals surface area contributed by atoms with Crippen molar-refractivity contribution < 1.29 is 5.11 Å². The summed E-state index contributed by atoms with van der Waals surface area (Å²) in [6.45, 7) is 11.7. The van der Waals surface area contributed by atoms with Gasteiger partial charge >= 0.3 is 0 Å². The molecule has 0 radical (unpaired) electrons. The highest BCUT2D eigenvalue weighted by Crippen LogP contribution is 2.24. The molecular weight excluding hydrogens is 234 g/mol. The van der Waals surface area contributed by atoms with E-state index in [-0.39, 0.29) is 6.10 Å². The van der Waals surface area contributed by atoms with Crippen LogP contribution in [0.4, 0.5) is 0 Å². The van der Waals surface area contributed by atoms with Crippen molar-refractivity contribution in [3.05, 3.63) is 34.4 Å². The second-order valence-corrected chi connectivity index (χ2v) is 6.26. The Labute approximate surface area is 117 Å². The third kappa shape index (κ3) is 3.58. The van der Waals surface area contributed by atoms with Crippen LogP contribution in [-0.2, 0) is 6.54 Å². The Balaban J connectivity index is 2.09. The van der Waals surface area contributed by atoms with E-state index in [1.165, 1.54) is 35.1 Å². The molecule has 0 aliphatic carbocycles. The SMILES string of the molecule is Cc1cc(C)c(CN2CCCC(C(C)O)C2)c(C)c1. The molecule has 2 heteroatoms. The van der Waals surface area contributed by atoms with Gasteiger partial charge in [-0.05, 0) is 69.7 Å². The van der Waals surface area contributed by atoms with Crippen molar-refractivity contribution in [2.45, 2.75) is 53.2 Å². The van der Waals surface area contributed by atoms with Gasteiger partial charge in [-0.1, -0.05) is 17.7 Å². The summed E-state index contributed by atoms with van der Waals surface area (Å²) >= 11 is 0. The second-order valence-electron chi connectivity index (χ2n) is 6.26. The largest absolute Gasteiger partial charge is 0.393 e. The standard InChI is InChI=1S/C17H27NO/c1-12-8-13(2)17(14(3)9-12)11-18-7-5-6-16(10-18)15(4)19/h8-9,15-16,19H,5-7,10-11H2,1-4H3. The molecule has 1 aromatic rings. The highest BCUT2D eigenvalue weighted by atomic mass is 16.3. The third-order valence-electron chi connectivity index (χ3n) is 4.45. The first-order chi connectivity index (χ1) is 8.97. The molecule has 19 heavy (non-hydrogen) atoms. The van der Waals surface area contributed by atoms with Crippen LogP contribution < -0.4 is 0 Å². The molecule has 0 bridgehead atoms. The molecule has 2 unspecified atom stereocenters. The number of benzene rings is 1. The van der Waals surface area contributed by atoms with Crippen LogP contribution in [0, 0.1) is 26.7 Å². The van der Waals surface area contributed by atoms with E-state index in [2.05, 4.69) is 37.8 Å². The van der Waals surface area contributed by atoms with Crippen LogP contribution in [0.25, 0.3) is 0 Å². The van der Waals surface area contributed by atoms with Crippen LogP contribution in [0.2, 0.25) is 0 Å². The third-order valence-corrected chi connectivity index (χ3v) is 4.45. The Bertz CT molecular complexity index is 416. The molecule has 1 aliphatic rings. The first-order valence-corrected chi connectivity index (χ1v) is 7.44. The first kappa shape index (κ1) is 14.5. The summed E-state index contributed by atoms with van der Waals surface area (Å²) in [5.41, 5.74) is 5.62. The van der Waals surface area contributed by atoms with Gasteiger partial charge in [0, 0.05) is 13.1 Å². The van der Waals surface area contributed by atoms with Crippen molar-refractivity contribution in [2.75, 3.05) is 13.1 Å². The normalized spacial score (nSPS) is 22.5. The zero-order valence-electron chi connectivity index (χ0n) is 12.7. The van der Waals surface area contributed by atoms with Crippen LogP contribution in [0.1, 0.15) is 42.0 Å². The van der Waals surface area contributed by atoms with E-state index in [4.69, 9.17) is 0 Å². The highest BCUT2D eigenvalue weighted by Gasteiger charge is 2.23. The van der Waals surface area contributed by atoms with Crippen molar-refractivity contribution >= 4 is 0 Å². The number of aliphatic hydroxyl groups is 1. The van der Waals surface area contributed by atoms with E-state index in [0.717, 1.165) is 19.6 Å². The Morgan fingerprint density at radius 2 is 1.89 bits per heavy atom. The molecule has 1 aliphatic heterocycles. The molecule has 2 nitrogen and oxygen atoms in total. The fourth-order valence-corrected chi connectivity index (χ4v) is 3.31. The molecule has 106 valence electrons. The molecule has 1 fully saturated rings. The lowest BCUT2D eigenvalue weighted by Gasteiger charge is -2.34. The van der Waals surface area contributed by atoms with Gasteiger partial charge in [0.05, 0.1) is 6.10 Å². The quantitative estimate of drug-likeness (QED) is 0.903. The van der Waals surface area contributed by atoms with E-state index < -0.39 is 0 Å². The van der Waals surface area contributed by atoms with E-state index in [9.17, 15) is 5.11 Å². The average molecular weight is 261 g/mol. The highest BCUT2D eigenvalue weighted by molar-refractivity contribution is 5.37. The molecule has 1 N–H and O–H groups in total. The molecular formula is C17H27NO. The lowest BCUT2D eigenvalue weighted by Crippen LogP contribution is -2.39. The van der Waals surface area contributed by atoms with Gasteiger partial charge in [0.15, 0.2) is 0 Å². The Hall–Kier alpha value is -0.860. The predicted molar refractivity (Wildman–Crippen MR) is 80.3 cm³/mol. The van der Waals surface area contributed by atoms with Gasteiger partial charge in [-0.2, -0.15) is 0 Å². The number of hydrogen-bond donors (Lipinski definition) is 1.